The van der Waals surface area contributed by atoms with Gasteiger partial charge in [-0.1, -0.05) is 0 Å². The van der Waals surface area contributed by atoms with E-state index in [-0.39, 0.29) is 0 Å². The van der Waals surface area contributed by atoms with Crippen molar-refractivity contribution in [2.75, 3.05) is 24.5 Å². The first-order chi connectivity index (χ1) is 11.3. The first-order valence-corrected chi connectivity index (χ1v) is 7.60. The highest BCUT2D eigenvalue weighted by atomic mass is 19.4. The fourth-order valence-electron chi connectivity index (χ4n) is 2.87. The SMILES string of the molecule is Cc1cc(N2CCCC(C(=O)NCC(F)(F)F)C2)n2ncnc2n1. The maximum atomic E-state index is 12.3. The van der Waals surface area contributed by atoms with Crippen LogP contribution in [0.1, 0.15) is 18.5 Å². The maximum absolute atomic E-state index is 12.3. The van der Waals surface area contributed by atoms with Crippen molar-refractivity contribution in [3.05, 3.63) is 18.1 Å². The van der Waals surface area contributed by atoms with Crippen LogP contribution in [0.25, 0.3) is 5.78 Å². The van der Waals surface area contributed by atoms with Crippen molar-refractivity contribution in [3.63, 3.8) is 0 Å². The number of halogens is 3. The maximum Gasteiger partial charge on any atom is 0.405 e. The van der Waals surface area contributed by atoms with E-state index in [2.05, 4.69) is 15.1 Å². The summed E-state index contributed by atoms with van der Waals surface area (Å²) in [7, 11) is 0. The summed E-state index contributed by atoms with van der Waals surface area (Å²) >= 11 is 0. The number of carbonyl (C=O) groups excluding carboxylic acids is 1. The van der Waals surface area contributed by atoms with Gasteiger partial charge in [0.15, 0.2) is 0 Å². The number of hydrogen-bond acceptors (Lipinski definition) is 5. The van der Waals surface area contributed by atoms with Crippen LogP contribution in [0.3, 0.4) is 0 Å². The molecule has 3 heterocycles. The Hall–Kier alpha value is -2.39. The van der Waals surface area contributed by atoms with E-state index in [9.17, 15) is 18.0 Å². The Balaban J connectivity index is 1.75. The molecule has 1 fully saturated rings. The molecule has 1 aliphatic heterocycles. The average molecular weight is 342 g/mol. The van der Waals surface area contributed by atoms with E-state index >= 15 is 0 Å². The molecular weight excluding hydrogens is 325 g/mol. The van der Waals surface area contributed by atoms with Crippen LogP contribution in [-0.2, 0) is 4.79 Å². The van der Waals surface area contributed by atoms with Gasteiger partial charge in [-0.15, -0.1) is 0 Å². The molecule has 1 N–H and O–H groups in total. The molecule has 10 heteroatoms. The van der Waals surface area contributed by atoms with Crippen LogP contribution in [0.5, 0.6) is 0 Å². The lowest BCUT2D eigenvalue weighted by molar-refractivity contribution is -0.140. The molecule has 7 nitrogen and oxygen atoms in total. The number of aryl methyl sites for hydroxylation is 1. The van der Waals surface area contributed by atoms with Crippen LogP contribution >= 0.6 is 0 Å². The summed E-state index contributed by atoms with van der Waals surface area (Å²) in [6.07, 6.45) is -1.74. The third-order valence-corrected chi connectivity index (χ3v) is 3.94. The van der Waals surface area contributed by atoms with Gasteiger partial charge in [-0.2, -0.15) is 27.8 Å². The topological polar surface area (TPSA) is 75.4 Å². The molecule has 0 spiro atoms. The van der Waals surface area contributed by atoms with Gasteiger partial charge >= 0.3 is 6.18 Å². The number of anilines is 1. The fraction of sp³-hybridized carbons (Fsp3) is 0.571. The molecule has 1 saturated heterocycles. The molecule has 0 aliphatic carbocycles. The number of aromatic nitrogens is 4. The lowest BCUT2D eigenvalue weighted by Crippen LogP contribution is -2.45. The molecule has 0 bridgehead atoms. The highest BCUT2D eigenvalue weighted by Gasteiger charge is 2.32. The van der Waals surface area contributed by atoms with Gasteiger partial charge in [0.2, 0.25) is 5.91 Å². The quantitative estimate of drug-likeness (QED) is 0.911. The van der Waals surface area contributed by atoms with E-state index in [0.717, 1.165) is 11.5 Å². The molecular formula is C14H17F3N6O. The standard InChI is InChI=1S/C14H17F3N6O/c1-9-5-11(23-13(21-9)19-8-20-23)22-4-2-3-10(6-22)12(24)18-7-14(15,16)17/h5,8,10H,2-4,6-7H2,1H3,(H,18,24). The van der Waals surface area contributed by atoms with Crippen molar-refractivity contribution in [3.8, 4) is 0 Å². The first kappa shape index (κ1) is 16.5. The van der Waals surface area contributed by atoms with Gasteiger partial charge < -0.3 is 10.2 Å². The number of amides is 1. The number of nitrogens with one attached hydrogen (secondary N) is 1. The number of piperidine rings is 1. The molecule has 0 aromatic carbocycles. The van der Waals surface area contributed by atoms with Crippen molar-refractivity contribution >= 4 is 17.5 Å². The Morgan fingerprint density at radius 2 is 2.25 bits per heavy atom. The minimum absolute atomic E-state index is 0.335. The number of nitrogens with zero attached hydrogens (tertiary/aromatic N) is 5. The molecule has 1 amide bonds. The van der Waals surface area contributed by atoms with E-state index < -0.39 is 24.5 Å². The predicted octanol–water partition coefficient (Wildman–Crippen LogP) is 1.33. The summed E-state index contributed by atoms with van der Waals surface area (Å²) in [5.41, 5.74) is 0.758. The largest absolute Gasteiger partial charge is 0.405 e. The molecule has 3 rings (SSSR count). The third-order valence-electron chi connectivity index (χ3n) is 3.94. The zero-order chi connectivity index (χ0) is 17.3. The summed E-state index contributed by atoms with van der Waals surface area (Å²) in [5, 5.41) is 6.10. The van der Waals surface area contributed by atoms with E-state index in [1.165, 1.54) is 6.33 Å². The first-order valence-electron chi connectivity index (χ1n) is 7.60. The van der Waals surface area contributed by atoms with Crippen LogP contribution in [0, 0.1) is 12.8 Å². The summed E-state index contributed by atoms with van der Waals surface area (Å²) in [4.78, 5) is 22.3. The monoisotopic (exact) mass is 342 g/mol. The highest BCUT2D eigenvalue weighted by molar-refractivity contribution is 5.79. The highest BCUT2D eigenvalue weighted by Crippen LogP contribution is 2.24. The van der Waals surface area contributed by atoms with Gasteiger partial charge in [0.1, 0.15) is 18.7 Å². The number of rotatable bonds is 3. The Bertz CT molecular complexity index is 744. The van der Waals surface area contributed by atoms with E-state index in [1.54, 1.807) is 4.52 Å². The van der Waals surface area contributed by atoms with Crippen LogP contribution < -0.4 is 10.2 Å². The van der Waals surface area contributed by atoms with E-state index in [1.807, 2.05) is 23.2 Å². The van der Waals surface area contributed by atoms with Crippen molar-refractivity contribution in [2.45, 2.75) is 25.9 Å². The molecule has 0 saturated carbocycles. The number of fused-ring (bicyclic) bond motifs is 1. The Kier molecular flexibility index (Phi) is 4.29. The van der Waals surface area contributed by atoms with Crippen LogP contribution in [0.2, 0.25) is 0 Å². The van der Waals surface area contributed by atoms with Crippen molar-refractivity contribution < 1.29 is 18.0 Å². The van der Waals surface area contributed by atoms with Gasteiger partial charge in [0.05, 0.1) is 5.92 Å². The molecule has 1 unspecified atom stereocenters. The molecule has 2 aromatic heterocycles. The van der Waals surface area contributed by atoms with Crippen LogP contribution in [0.4, 0.5) is 19.0 Å². The minimum atomic E-state index is -4.40. The van der Waals surface area contributed by atoms with Gasteiger partial charge in [0, 0.05) is 24.8 Å². The lowest BCUT2D eigenvalue weighted by atomic mass is 9.97. The van der Waals surface area contributed by atoms with Gasteiger partial charge in [-0.25, -0.2) is 4.98 Å². The summed E-state index contributed by atoms with van der Waals surface area (Å²) in [5.74, 6) is 0.128. The smallest absolute Gasteiger partial charge is 0.356 e. The summed E-state index contributed by atoms with van der Waals surface area (Å²) in [6, 6.07) is 1.83. The third kappa shape index (κ3) is 3.57. The zero-order valence-corrected chi connectivity index (χ0v) is 13.0. The van der Waals surface area contributed by atoms with Crippen molar-refractivity contribution in [1.82, 2.24) is 24.9 Å². The molecule has 0 radical (unpaired) electrons. The van der Waals surface area contributed by atoms with Crippen molar-refractivity contribution in [2.24, 2.45) is 5.92 Å². The molecule has 2 aromatic rings. The number of carbonyl (C=O) groups is 1. The van der Waals surface area contributed by atoms with E-state index in [0.29, 0.717) is 31.7 Å². The zero-order valence-electron chi connectivity index (χ0n) is 13.0. The Morgan fingerprint density at radius 1 is 1.46 bits per heavy atom. The average Bonchev–Trinajstić information content (AvgIpc) is 2.99. The second-order valence-corrected chi connectivity index (χ2v) is 5.85. The molecule has 130 valence electrons. The Labute approximate surface area is 135 Å². The van der Waals surface area contributed by atoms with Gasteiger partial charge in [-0.05, 0) is 19.8 Å². The normalized spacial score (nSPS) is 18.8. The second kappa shape index (κ2) is 6.25. The predicted molar refractivity (Wildman–Crippen MR) is 79.5 cm³/mol. The molecule has 1 atom stereocenters. The number of alkyl halides is 3. The fourth-order valence-corrected chi connectivity index (χ4v) is 2.87. The van der Waals surface area contributed by atoms with Gasteiger partial charge in [0.25, 0.3) is 5.78 Å². The van der Waals surface area contributed by atoms with E-state index in [4.69, 9.17) is 0 Å². The second-order valence-electron chi connectivity index (χ2n) is 5.85. The van der Waals surface area contributed by atoms with Crippen LogP contribution in [0.15, 0.2) is 12.4 Å². The molecule has 1 aliphatic rings. The summed E-state index contributed by atoms with van der Waals surface area (Å²) < 4.78 is 38.3. The number of hydrogen-bond donors (Lipinski definition) is 1. The van der Waals surface area contributed by atoms with Crippen LogP contribution in [-0.4, -0.2) is 51.3 Å². The van der Waals surface area contributed by atoms with Crippen molar-refractivity contribution in [1.29, 1.82) is 0 Å². The molecule has 24 heavy (non-hydrogen) atoms. The summed E-state index contributed by atoms with van der Waals surface area (Å²) in [6.45, 7) is 1.56. The Morgan fingerprint density at radius 3 is 3.00 bits per heavy atom. The minimum Gasteiger partial charge on any atom is -0.356 e. The van der Waals surface area contributed by atoms with Gasteiger partial charge in [-0.3, -0.25) is 4.79 Å². The lowest BCUT2D eigenvalue weighted by Gasteiger charge is -2.33.